The zero-order valence-corrected chi connectivity index (χ0v) is 13.8. The van der Waals surface area contributed by atoms with Gasteiger partial charge in [0.2, 0.25) is 5.91 Å². The van der Waals surface area contributed by atoms with E-state index in [0.717, 1.165) is 17.5 Å². The topological polar surface area (TPSA) is 80.3 Å². The highest BCUT2D eigenvalue weighted by atomic mass is 16.5. The van der Waals surface area contributed by atoms with Gasteiger partial charge in [0.15, 0.2) is 0 Å². The van der Waals surface area contributed by atoms with Crippen LogP contribution in [-0.2, 0) is 16.0 Å². The summed E-state index contributed by atoms with van der Waals surface area (Å²) in [5, 5.41) is 5.91. The van der Waals surface area contributed by atoms with Gasteiger partial charge in [-0.3, -0.25) is 9.78 Å². The molecule has 0 aliphatic carbocycles. The Labute approximate surface area is 141 Å². The number of amides is 1. The smallest absolute Gasteiger partial charge is 0.337 e. The second-order valence-corrected chi connectivity index (χ2v) is 5.22. The van der Waals surface area contributed by atoms with Gasteiger partial charge in [0, 0.05) is 26.0 Å². The van der Waals surface area contributed by atoms with Crippen molar-refractivity contribution in [3.8, 4) is 0 Å². The summed E-state index contributed by atoms with van der Waals surface area (Å²) in [5.74, 6) is -0.528. The van der Waals surface area contributed by atoms with E-state index in [1.54, 1.807) is 43.7 Å². The molecule has 1 aromatic heterocycles. The van der Waals surface area contributed by atoms with Crippen molar-refractivity contribution < 1.29 is 14.3 Å². The number of likely N-dealkylation sites (N-methyl/N-ethyl adjacent to an activating group) is 1. The summed E-state index contributed by atoms with van der Waals surface area (Å²) in [7, 11) is 2.94. The fourth-order valence-corrected chi connectivity index (χ4v) is 2.35. The first-order chi connectivity index (χ1) is 11.7. The van der Waals surface area contributed by atoms with E-state index in [1.165, 1.54) is 7.11 Å². The first kappa shape index (κ1) is 17.6. The van der Waals surface area contributed by atoms with Crippen LogP contribution < -0.4 is 10.6 Å². The molecule has 2 aromatic rings. The fourth-order valence-electron chi connectivity index (χ4n) is 2.35. The maximum atomic E-state index is 12.2. The van der Waals surface area contributed by atoms with Crippen LogP contribution in [0.4, 0.5) is 0 Å². The number of carbonyl (C=O) groups is 2. The van der Waals surface area contributed by atoms with Crippen molar-refractivity contribution in [1.82, 2.24) is 15.6 Å². The lowest BCUT2D eigenvalue weighted by Gasteiger charge is -2.18. The van der Waals surface area contributed by atoms with Gasteiger partial charge >= 0.3 is 5.97 Å². The molecular formula is C18H21N3O3. The third-order valence-electron chi connectivity index (χ3n) is 3.69. The molecule has 1 atom stereocenters. The zero-order valence-electron chi connectivity index (χ0n) is 13.8. The van der Waals surface area contributed by atoms with Crippen LogP contribution >= 0.6 is 0 Å². The highest BCUT2D eigenvalue weighted by Crippen LogP contribution is 2.15. The number of pyridine rings is 1. The zero-order chi connectivity index (χ0) is 17.4. The molecule has 2 rings (SSSR count). The standard InChI is InChI=1S/C18H21N3O3/c1-19-17(22)16(21-12-9-13-7-10-20-11-8-13)14-3-5-15(6-4-14)18(23)24-2/h3-8,10-11,16,21H,9,12H2,1-2H3,(H,19,22). The Morgan fingerprint density at radius 1 is 1.12 bits per heavy atom. The van der Waals surface area contributed by atoms with Crippen molar-refractivity contribution in [1.29, 1.82) is 0 Å². The highest BCUT2D eigenvalue weighted by Gasteiger charge is 2.19. The molecular weight excluding hydrogens is 306 g/mol. The predicted octanol–water partition coefficient (Wildman–Crippen LogP) is 1.49. The summed E-state index contributed by atoms with van der Waals surface area (Å²) in [4.78, 5) is 27.6. The summed E-state index contributed by atoms with van der Waals surface area (Å²) in [6, 6.07) is 10.2. The van der Waals surface area contributed by atoms with E-state index in [4.69, 9.17) is 0 Å². The number of nitrogens with zero attached hydrogens (tertiary/aromatic N) is 1. The number of rotatable bonds is 7. The molecule has 1 unspecified atom stereocenters. The highest BCUT2D eigenvalue weighted by molar-refractivity contribution is 5.89. The van der Waals surface area contributed by atoms with E-state index in [1.807, 2.05) is 12.1 Å². The molecule has 1 heterocycles. The van der Waals surface area contributed by atoms with Crippen LogP contribution in [0.25, 0.3) is 0 Å². The maximum Gasteiger partial charge on any atom is 0.337 e. The van der Waals surface area contributed by atoms with Crippen LogP contribution in [0.5, 0.6) is 0 Å². The van der Waals surface area contributed by atoms with Gasteiger partial charge in [-0.15, -0.1) is 0 Å². The van der Waals surface area contributed by atoms with Gasteiger partial charge in [-0.05, 0) is 41.8 Å². The van der Waals surface area contributed by atoms with Crippen molar-refractivity contribution in [2.45, 2.75) is 12.5 Å². The lowest BCUT2D eigenvalue weighted by Crippen LogP contribution is -2.36. The number of nitrogens with one attached hydrogen (secondary N) is 2. The van der Waals surface area contributed by atoms with Gasteiger partial charge in [-0.25, -0.2) is 4.79 Å². The average molecular weight is 327 g/mol. The van der Waals surface area contributed by atoms with Crippen molar-refractivity contribution >= 4 is 11.9 Å². The van der Waals surface area contributed by atoms with Crippen molar-refractivity contribution in [2.75, 3.05) is 20.7 Å². The van der Waals surface area contributed by atoms with Crippen LogP contribution in [-0.4, -0.2) is 37.6 Å². The number of methoxy groups -OCH3 is 1. The summed E-state index contributed by atoms with van der Waals surface area (Å²) < 4.78 is 4.68. The Morgan fingerprint density at radius 2 is 1.79 bits per heavy atom. The van der Waals surface area contributed by atoms with Gasteiger partial charge in [0.05, 0.1) is 12.7 Å². The maximum absolute atomic E-state index is 12.2. The Bertz CT molecular complexity index is 672. The number of carbonyl (C=O) groups excluding carboxylic acids is 2. The lowest BCUT2D eigenvalue weighted by molar-refractivity contribution is -0.122. The van der Waals surface area contributed by atoms with Crippen molar-refractivity contribution in [3.05, 3.63) is 65.5 Å². The van der Waals surface area contributed by atoms with Crippen LogP contribution in [0.2, 0.25) is 0 Å². The number of aromatic nitrogens is 1. The van der Waals surface area contributed by atoms with E-state index < -0.39 is 12.0 Å². The minimum atomic E-state index is -0.483. The normalized spacial score (nSPS) is 11.6. The first-order valence-electron chi connectivity index (χ1n) is 7.68. The van der Waals surface area contributed by atoms with Gasteiger partial charge in [0.1, 0.15) is 6.04 Å². The summed E-state index contributed by atoms with van der Waals surface area (Å²) >= 11 is 0. The van der Waals surface area contributed by atoms with E-state index in [0.29, 0.717) is 12.1 Å². The molecule has 0 bridgehead atoms. The van der Waals surface area contributed by atoms with Gasteiger partial charge < -0.3 is 15.4 Å². The predicted molar refractivity (Wildman–Crippen MR) is 90.5 cm³/mol. The number of hydrogen-bond acceptors (Lipinski definition) is 5. The van der Waals surface area contributed by atoms with E-state index in [9.17, 15) is 9.59 Å². The quantitative estimate of drug-likeness (QED) is 0.753. The number of esters is 1. The Kier molecular flexibility index (Phi) is 6.45. The third-order valence-corrected chi connectivity index (χ3v) is 3.69. The van der Waals surface area contributed by atoms with Crippen LogP contribution in [0.1, 0.15) is 27.5 Å². The largest absolute Gasteiger partial charge is 0.465 e. The summed E-state index contributed by atoms with van der Waals surface area (Å²) in [5.41, 5.74) is 2.39. The van der Waals surface area contributed by atoms with Crippen LogP contribution in [0, 0.1) is 0 Å². The number of benzene rings is 1. The Morgan fingerprint density at radius 3 is 2.38 bits per heavy atom. The van der Waals surface area contributed by atoms with Crippen molar-refractivity contribution in [2.24, 2.45) is 0 Å². The molecule has 6 heteroatoms. The molecule has 0 saturated carbocycles. The molecule has 24 heavy (non-hydrogen) atoms. The first-order valence-corrected chi connectivity index (χ1v) is 7.68. The van der Waals surface area contributed by atoms with E-state index in [-0.39, 0.29) is 5.91 Å². The molecule has 0 aliphatic heterocycles. The Hall–Kier alpha value is -2.73. The number of ether oxygens (including phenoxy) is 1. The SMILES string of the molecule is CNC(=O)C(NCCc1ccncc1)c1ccc(C(=O)OC)cc1. The fraction of sp³-hybridized carbons (Fsp3) is 0.278. The molecule has 126 valence electrons. The minimum Gasteiger partial charge on any atom is -0.465 e. The van der Waals surface area contributed by atoms with Crippen LogP contribution in [0.3, 0.4) is 0 Å². The molecule has 0 aliphatic rings. The second kappa shape index (κ2) is 8.79. The molecule has 0 radical (unpaired) electrons. The average Bonchev–Trinajstić information content (AvgIpc) is 2.65. The van der Waals surface area contributed by atoms with Gasteiger partial charge in [0.25, 0.3) is 0 Å². The molecule has 1 amide bonds. The summed E-state index contributed by atoms with van der Waals surface area (Å²) in [6.07, 6.45) is 4.28. The lowest BCUT2D eigenvalue weighted by atomic mass is 10.0. The molecule has 1 aromatic carbocycles. The van der Waals surface area contributed by atoms with Crippen LogP contribution in [0.15, 0.2) is 48.8 Å². The molecule has 0 fully saturated rings. The number of hydrogen-bond donors (Lipinski definition) is 2. The van der Waals surface area contributed by atoms with E-state index in [2.05, 4.69) is 20.4 Å². The second-order valence-electron chi connectivity index (χ2n) is 5.22. The molecule has 0 spiro atoms. The van der Waals surface area contributed by atoms with Crippen molar-refractivity contribution in [3.63, 3.8) is 0 Å². The molecule has 6 nitrogen and oxygen atoms in total. The molecule has 2 N–H and O–H groups in total. The van der Waals surface area contributed by atoms with Gasteiger partial charge in [-0.1, -0.05) is 12.1 Å². The van der Waals surface area contributed by atoms with Gasteiger partial charge in [-0.2, -0.15) is 0 Å². The third kappa shape index (κ3) is 4.63. The summed E-state index contributed by atoms with van der Waals surface area (Å²) in [6.45, 7) is 0.640. The van der Waals surface area contributed by atoms with E-state index >= 15 is 0 Å². The minimum absolute atomic E-state index is 0.129. The molecule has 0 saturated heterocycles. The monoisotopic (exact) mass is 327 g/mol. The Balaban J connectivity index is 2.05.